The molecule has 1 atom stereocenters. The van der Waals surface area contributed by atoms with Gasteiger partial charge in [-0.05, 0) is 43.4 Å². The molecule has 1 unspecified atom stereocenters. The predicted molar refractivity (Wildman–Crippen MR) is 95.6 cm³/mol. The van der Waals surface area contributed by atoms with Gasteiger partial charge in [-0.3, -0.25) is 4.79 Å². The van der Waals surface area contributed by atoms with Gasteiger partial charge < -0.3 is 9.64 Å². The molecule has 2 aliphatic carbocycles. The van der Waals surface area contributed by atoms with Crippen molar-refractivity contribution in [2.24, 2.45) is 0 Å². The fourth-order valence-electron chi connectivity index (χ4n) is 4.38. The Morgan fingerprint density at radius 2 is 1.76 bits per heavy atom. The molecular weight excluding hydrogens is 382 g/mol. The second kappa shape index (κ2) is 5.56. The minimum Gasteiger partial charge on any atom is -0.456 e. The van der Waals surface area contributed by atoms with Gasteiger partial charge in [-0.15, -0.1) is 0 Å². The van der Waals surface area contributed by atoms with Crippen LogP contribution >= 0.6 is 15.9 Å². The van der Waals surface area contributed by atoms with Crippen molar-refractivity contribution in [2.75, 3.05) is 6.61 Å². The Morgan fingerprint density at radius 1 is 1.00 bits per heavy atom. The number of allylic oxidation sites excluding steroid dienone is 2. The Morgan fingerprint density at radius 3 is 2.48 bits per heavy atom. The zero-order chi connectivity index (χ0) is 17.1. The first-order valence-electron chi connectivity index (χ1n) is 8.86. The van der Waals surface area contributed by atoms with Crippen molar-refractivity contribution in [2.45, 2.75) is 44.1 Å². The third-order valence-electron chi connectivity index (χ3n) is 5.57. The maximum Gasteiger partial charge on any atom is 0.337 e. The molecule has 2 aliphatic heterocycles. The van der Waals surface area contributed by atoms with Gasteiger partial charge in [0.2, 0.25) is 0 Å². The second-order valence-corrected chi connectivity index (χ2v) is 8.08. The maximum absolute atomic E-state index is 12.9. The quantitative estimate of drug-likeness (QED) is 0.708. The molecule has 0 saturated heterocycles. The summed E-state index contributed by atoms with van der Waals surface area (Å²) in [4.78, 5) is 27.8. The highest BCUT2D eigenvalue weighted by molar-refractivity contribution is 9.10. The number of carbonyl (C=O) groups excluding carboxylic acids is 2. The summed E-state index contributed by atoms with van der Waals surface area (Å²) in [6, 6.07) is 8.38. The van der Waals surface area contributed by atoms with E-state index in [1.54, 1.807) is 0 Å². The Labute approximate surface area is 154 Å². The van der Waals surface area contributed by atoms with Crippen LogP contribution in [0.3, 0.4) is 0 Å². The minimum absolute atomic E-state index is 0.186. The van der Waals surface area contributed by atoms with Gasteiger partial charge >= 0.3 is 5.97 Å². The molecule has 5 heteroatoms. The Balaban J connectivity index is 1.73. The van der Waals surface area contributed by atoms with E-state index in [4.69, 9.17) is 4.74 Å². The van der Waals surface area contributed by atoms with Crippen LogP contribution in [0.1, 0.15) is 43.6 Å². The normalized spacial score (nSPS) is 26.0. The van der Waals surface area contributed by atoms with Crippen molar-refractivity contribution in [1.29, 1.82) is 0 Å². The van der Waals surface area contributed by atoms with Gasteiger partial charge in [-0.2, -0.15) is 0 Å². The molecule has 2 heterocycles. The van der Waals surface area contributed by atoms with Crippen LogP contribution in [-0.4, -0.2) is 29.3 Å². The monoisotopic (exact) mass is 399 g/mol. The van der Waals surface area contributed by atoms with Crippen molar-refractivity contribution in [3.05, 3.63) is 56.8 Å². The predicted octanol–water partition coefficient (Wildman–Crippen LogP) is 3.83. The van der Waals surface area contributed by atoms with E-state index in [-0.39, 0.29) is 17.7 Å². The molecule has 0 amide bonds. The number of hydrogen-bond donors (Lipinski definition) is 0. The van der Waals surface area contributed by atoms with Crippen molar-refractivity contribution in [3.63, 3.8) is 0 Å². The molecule has 4 aliphatic rings. The topological polar surface area (TPSA) is 46.6 Å². The average Bonchev–Trinajstić information content (AvgIpc) is 3.37. The lowest BCUT2D eigenvalue weighted by atomic mass is 9.75. The SMILES string of the molecule is O=C1CCCC2=C1C(c1ccc(Br)cc1)C1=C(COC1=O)N2C1CC1. The number of ether oxygens (including phenoxy) is 1. The Bertz CT molecular complexity index is 848. The number of rotatable bonds is 2. The molecule has 0 bridgehead atoms. The average molecular weight is 400 g/mol. The summed E-state index contributed by atoms with van der Waals surface area (Å²) in [5, 5.41) is 0. The van der Waals surface area contributed by atoms with E-state index < -0.39 is 0 Å². The van der Waals surface area contributed by atoms with Gasteiger partial charge in [0.05, 0.1) is 11.3 Å². The summed E-state index contributed by atoms with van der Waals surface area (Å²) in [5.74, 6) is -0.361. The Kier molecular flexibility index (Phi) is 3.42. The lowest BCUT2D eigenvalue weighted by molar-refractivity contribution is -0.136. The molecular formula is C20H18BrNO3. The summed E-state index contributed by atoms with van der Waals surface area (Å²) in [6.45, 7) is 0.336. The molecule has 25 heavy (non-hydrogen) atoms. The van der Waals surface area contributed by atoms with E-state index in [9.17, 15) is 9.59 Å². The van der Waals surface area contributed by atoms with E-state index in [1.807, 2.05) is 24.3 Å². The lowest BCUT2D eigenvalue weighted by Gasteiger charge is -2.39. The summed E-state index contributed by atoms with van der Waals surface area (Å²) >= 11 is 3.46. The van der Waals surface area contributed by atoms with Crippen molar-refractivity contribution in [1.82, 2.24) is 4.90 Å². The molecule has 0 N–H and O–H groups in total. The largest absolute Gasteiger partial charge is 0.456 e. The van der Waals surface area contributed by atoms with Gasteiger partial charge in [-0.1, -0.05) is 28.1 Å². The number of esters is 1. The molecule has 4 nitrogen and oxygen atoms in total. The highest BCUT2D eigenvalue weighted by atomic mass is 79.9. The van der Waals surface area contributed by atoms with Crippen LogP contribution in [0, 0.1) is 0 Å². The summed E-state index contributed by atoms with van der Waals surface area (Å²) < 4.78 is 6.41. The van der Waals surface area contributed by atoms with Crippen molar-refractivity contribution >= 4 is 27.7 Å². The first-order valence-corrected chi connectivity index (χ1v) is 9.65. The third-order valence-corrected chi connectivity index (χ3v) is 6.10. The first-order chi connectivity index (χ1) is 12.1. The van der Waals surface area contributed by atoms with Gasteiger partial charge in [0, 0.05) is 34.1 Å². The smallest absolute Gasteiger partial charge is 0.337 e. The highest BCUT2D eigenvalue weighted by Gasteiger charge is 2.48. The van der Waals surface area contributed by atoms with Crippen molar-refractivity contribution in [3.8, 4) is 0 Å². The van der Waals surface area contributed by atoms with E-state index >= 15 is 0 Å². The van der Waals surface area contributed by atoms with Gasteiger partial charge in [0.25, 0.3) is 0 Å². The number of hydrogen-bond acceptors (Lipinski definition) is 4. The van der Waals surface area contributed by atoms with E-state index in [1.165, 1.54) is 0 Å². The lowest BCUT2D eigenvalue weighted by Crippen LogP contribution is -2.37. The van der Waals surface area contributed by atoms with Crippen LogP contribution in [0.15, 0.2) is 51.3 Å². The zero-order valence-corrected chi connectivity index (χ0v) is 15.3. The number of carbonyl (C=O) groups is 2. The number of nitrogens with zero attached hydrogens (tertiary/aromatic N) is 1. The standard InChI is InChI=1S/C20H18BrNO3/c21-12-6-4-11(5-7-12)17-18-14(2-1-3-16(18)23)22(13-8-9-13)15-10-25-20(24)19(15)17/h4-7,13,17H,1-3,8-10H2. The molecule has 1 saturated carbocycles. The fourth-order valence-corrected chi connectivity index (χ4v) is 4.65. The zero-order valence-electron chi connectivity index (χ0n) is 13.8. The molecule has 0 spiro atoms. The van der Waals surface area contributed by atoms with Gasteiger partial charge in [0.15, 0.2) is 5.78 Å². The number of benzene rings is 1. The molecule has 128 valence electrons. The van der Waals surface area contributed by atoms with E-state index in [0.717, 1.165) is 52.7 Å². The first kappa shape index (κ1) is 15.4. The van der Waals surface area contributed by atoms with Gasteiger partial charge in [0.1, 0.15) is 6.61 Å². The molecule has 1 aromatic carbocycles. The third kappa shape index (κ3) is 2.32. The molecule has 1 aromatic rings. The molecule has 1 fully saturated rings. The summed E-state index contributed by atoms with van der Waals surface area (Å²) in [7, 11) is 0. The van der Waals surface area contributed by atoms with Crippen LogP contribution in [-0.2, 0) is 14.3 Å². The van der Waals surface area contributed by atoms with Crippen LogP contribution in [0.2, 0.25) is 0 Å². The number of ketones is 1. The Hall–Kier alpha value is -1.88. The molecule has 0 radical (unpaired) electrons. The molecule has 0 aromatic heterocycles. The number of halogens is 1. The van der Waals surface area contributed by atoms with Crippen LogP contribution < -0.4 is 0 Å². The fraction of sp³-hybridized carbons (Fsp3) is 0.400. The summed E-state index contributed by atoms with van der Waals surface area (Å²) in [6.07, 6.45) is 4.63. The van der Waals surface area contributed by atoms with Crippen molar-refractivity contribution < 1.29 is 14.3 Å². The van der Waals surface area contributed by atoms with Crippen LogP contribution in [0.4, 0.5) is 0 Å². The van der Waals surface area contributed by atoms with Crippen LogP contribution in [0.25, 0.3) is 0 Å². The van der Waals surface area contributed by atoms with E-state index in [0.29, 0.717) is 24.6 Å². The van der Waals surface area contributed by atoms with E-state index in [2.05, 4.69) is 20.8 Å². The summed E-state index contributed by atoms with van der Waals surface area (Å²) in [5.41, 5.74) is 4.65. The molecule has 5 rings (SSSR count). The number of cyclic esters (lactones) is 1. The number of Topliss-reactive ketones (excluding diaryl/α,β-unsaturated/α-hetero) is 1. The highest BCUT2D eigenvalue weighted by Crippen LogP contribution is 2.51. The second-order valence-electron chi connectivity index (χ2n) is 7.16. The minimum atomic E-state index is -0.282. The maximum atomic E-state index is 12.9. The van der Waals surface area contributed by atoms with Gasteiger partial charge in [-0.25, -0.2) is 4.79 Å². The van der Waals surface area contributed by atoms with Crippen LogP contribution in [0.5, 0.6) is 0 Å².